The lowest BCUT2D eigenvalue weighted by molar-refractivity contribution is -0.156. The fourth-order valence-electron chi connectivity index (χ4n) is 1.52. The molecule has 4 heteroatoms. The number of carbonyl (C=O) groups is 2. The first kappa shape index (κ1) is 10.8. The van der Waals surface area contributed by atoms with Gasteiger partial charge in [-0.3, -0.25) is 9.59 Å². The second kappa shape index (κ2) is 4.79. The molecule has 0 radical (unpaired) electrons. The van der Waals surface area contributed by atoms with Crippen LogP contribution in [-0.4, -0.2) is 25.2 Å². The summed E-state index contributed by atoms with van der Waals surface area (Å²) in [6.45, 7) is 1.33. The average Bonchev–Trinajstić information content (AvgIpc) is 2.16. The van der Waals surface area contributed by atoms with Crippen LogP contribution in [0.25, 0.3) is 0 Å². The molecule has 0 bridgehead atoms. The molecule has 0 saturated carbocycles. The second-order valence-electron chi connectivity index (χ2n) is 3.21. The number of hydrogen-bond acceptors (Lipinski definition) is 4. The highest BCUT2D eigenvalue weighted by molar-refractivity contribution is 5.74. The van der Waals surface area contributed by atoms with Crippen LogP contribution in [0.3, 0.4) is 0 Å². The van der Waals surface area contributed by atoms with E-state index in [1.165, 1.54) is 14.0 Å². The van der Waals surface area contributed by atoms with Crippen molar-refractivity contribution in [2.45, 2.75) is 25.9 Å². The van der Waals surface area contributed by atoms with E-state index in [0.717, 1.165) is 6.42 Å². The van der Waals surface area contributed by atoms with E-state index < -0.39 is 6.10 Å². The third-order valence-electron chi connectivity index (χ3n) is 2.17. The lowest BCUT2D eigenvalue weighted by Crippen LogP contribution is -2.33. The molecule has 0 N–H and O–H groups in total. The van der Waals surface area contributed by atoms with Gasteiger partial charge in [-0.05, 0) is 18.9 Å². The number of ether oxygens (including phenoxy) is 2. The highest BCUT2D eigenvalue weighted by Gasteiger charge is 2.31. The summed E-state index contributed by atoms with van der Waals surface area (Å²) in [7, 11) is 1.34. The van der Waals surface area contributed by atoms with Crippen LogP contribution in [0, 0.1) is 5.92 Å². The van der Waals surface area contributed by atoms with Crippen LogP contribution >= 0.6 is 0 Å². The summed E-state index contributed by atoms with van der Waals surface area (Å²) in [5.41, 5.74) is 0. The number of methoxy groups -OCH3 is 1. The maximum atomic E-state index is 11.3. The third-order valence-corrected chi connectivity index (χ3v) is 2.17. The van der Waals surface area contributed by atoms with Gasteiger partial charge in [-0.15, -0.1) is 0 Å². The van der Waals surface area contributed by atoms with Gasteiger partial charge >= 0.3 is 11.9 Å². The molecule has 0 spiro atoms. The molecular formula is C10H14O4. The van der Waals surface area contributed by atoms with Gasteiger partial charge in [0, 0.05) is 6.92 Å². The molecule has 1 rings (SSSR count). The molecular weight excluding hydrogens is 184 g/mol. The smallest absolute Gasteiger partial charge is 0.312 e. The van der Waals surface area contributed by atoms with Crippen molar-refractivity contribution in [3.8, 4) is 0 Å². The van der Waals surface area contributed by atoms with Gasteiger partial charge in [0.2, 0.25) is 0 Å². The zero-order valence-corrected chi connectivity index (χ0v) is 8.36. The highest BCUT2D eigenvalue weighted by atomic mass is 16.6. The number of carbonyl (C=O) groups excluding carboxylic acids is 2. The third kappa shape index (κ3) is 2.58. The standard InChI is InChI=1S/C10H14O4/c1-7(11)14-9-6-4-3-5-8(9)10(12)13-2/h4,6,8-9H,3,5H2,1-2H3/t8-,9+/m0/s1. The predicted molar refractivity (Wildman–Crippen MR) is 49.4 cm³/mol. The predicted octanol–water partition coefficient (Wildman–Crippen LogP) is 1.06. The van der Waals surface area contributed by atoms with Crippen LogP contribution in [0.15, 0.2) is 12.2 Å². The molecule has 1 aliphatic carbocycles. The van der Waals surface area contributed by atoms with Crippen molar-refractivity contribution in [3.05, 3.63) is 12.2 Å². The van der Waals surface area contributed by atoms with Gasteiger partial charge in [0.1, 0.15) is 6.10 Å². The van der Waals surface area contributed by atoms with E-state index in [-0.39, 0.29) is 17.9 Å². The Hall–Kier alpha value is -1.32. The van der Waals surface area contributed by atoms with Crippen LogP contribution in [0.4, 0.5) is 0 Å². The van der Waals surface area contributed by atoms with Gasteiger partial charge in [0.25, 0.3) is 0 Å². The topological polar surface area (TPSA) is 52.6 Å². The maximum Gasteiger partial charge on any atom is 0.312 e. The van der Waals surface area contributed by atoms with Crippen molar-refractivity contribution in [2.75, 3.05) is 7.11 Å². The molecule has 78 valence electrons. The van der Waals surface area contributed by atoms with Crippen molar-refractivity contribution in [2.24, 2.45) is 5.92 Å². The summed E-state index contributed by atoms with van der Waals surface area (Å²) >= 11 is 0. The first-order chi connectivity index (χ1) is 6.65. The Kier molecular flexibility index (Phi) is 3.68. The van der Waals surface area contributed by atoms with E-state index in [1.807, 2.05) is 6.08 Å². The van der Waals surface area contributed by atoms with Crippen LogP contribution in [-0.2, 0) is 19.1 Å². The normalized spacial score (nSPS) is 25.6. The Morgan fingerprint density at radius 3 is 2.71 bits per heavy atom. The quantitative estimate of drug-likeness (QED) is 0.491. The molecule has 0 aromatic rings. The summed E-state index contributed by atoms with van der Waals surface area (Å²) in [5.74, 6) is -1.05. The molecule has 1 aliphatic rings. The van der Waals surface area contributed by atoms with Gasteiger partial charge in [-0.2, -0.15) is 0 Å². The van der Waals surface area contributed by atoms with Gasteiger partial charge in [0.05, 0.1) is 13.0 Å². The number of hydrogen-bond donors (Lipinski definition) is 0. The lowest BCUT2D eigenvalue weighted by Gasteiger charge is -2.24. The van der Waals surface area contributed by atoms with Crippen LogP contribution in [0.5, 0.6) is 0 Å². The second-order valence-corrected chi connectivity index (χ2v) is 3.21. The Morgan fingerprint density at radius 1 is 1.43 bits per heavy atom. The van der Waals surface area contributed by atoms with Crippen LogP contribution in [0.2, 0.25) is 0 Å². The molecule has 0 aromatic carbocycles. The summed E-state index contributed by atoms with van der Waals surface area (Å²) in [5, 5.41) is 0. The van der Waals surface area contributed by atoms with E-state index in [2.05, 4.69) is 4.74 Å². The molecule has 0 aromatic heterocycles. The van der Waals surface area contributed by atoms with Crippen LogP contribution in [0.1, 0.15) is 19.8 Å². The number of esters is 2. The lowest BCUT2D eigenvalue weighted by atomic mass is 9.91. The molecule has 14 heavy (non-hydrogen) atoms. The minimum absolute atomic E-state index is 0.319. The zero-order chi connectivity index (χ0) is 10.6. The highest BCUT2D eigenvalue weighted by Crippen LogP contribution is 2.22. The van der Waals surface area contributed by atoms with Gasteiger partial charge in [-0.1, -0.05) is 6.08 Å². The van der Waals surface area contributed by atoms with Crippen LogP contribution < -0.4 is 0 Å². The van der Waals surface area contributed by atoms with E-state index in [4.69, 9.17) is 4.74 Å². The minimum atomic E-state index is -0.464. The fourth-order valence-corrected chi connectivity index (χ4v) is 1.52. The Balaban J connectivity index is 2.67. The maximum absolute atomic E-state index is 11.3. The molecule has 2 atom stereocenters. The molecule has 0 amide bonds. The molecule has 0 heterocycles. The molecule has 0 aliphatic heterocycles. The van der Waals surface area contributed by atoms with Crippen molar-refractivity contribution >= 4 is 11.9 Å². The Bertz CT molecular complexity index is 257. The molecule has 0 unspecified atom stereocenters. The monoisotopic (exact) mass is 198 g/mol. The fraction of sp³-hybridized carbons (Fsp3) is 0.600. The van der Waals surface area contributed by atoms with E-state index >= 15 is 0 Å². The summed E-state index contributed by atoms with van der Waals surface area (Å²) < 4.78 is 9.64. The Labute approximate surface area is 82.9 Å². The van der Waals surface area contributed by atoms with Crippen molar-refractivity contribution < 1.29 is 19.1 Å². The van der Waals surface area contributed by atoms with Gasteiger partial charge in [-0.25, -0.2) is 0 Å². The zero-order valence-electron chi connectivity index (χ0n) is 8.36. The van der Waals surface area contributed by atoms with Gasteiger partial charge in [0.15, 0.2) is 0 Å². The van der Waals surface area contributed by atoms with Gasteiger partial charge < -0.3 is 9.47 Å². The molecule has 0 saturated heterocycles. The minimum Gasteiger partial charge on any atom is -0.469 e. The molecule has 0 fully saturated rings. The van der Waals surface area contributed by atoms with E-state index in [0.29, 0.717) is 6.42 Å². The summed E-state index contributed by atoms with van der Waals surface area (Å²) in [6, 6.07) is 0. The first-order valence-electron chi connectivity index (χ1n) is 4.57. The SMILES string of the molecule is COC(=O)[C@H]1CCC=C[C@H]1OC(C)=O. The van der Waals surface area contributed by atoms with Crippen molar-refractivity contribution in [1.82, 2.24) is 0 Å². The Morgan fingerprint density at radius 2 is 2.14 bits per heavy atom. The first-order valence-corrected chi connectivity index (χ1v) is 4.57. The summed E-state index contributed by atoms with van der Waals surface area (Å²) in [6.07, 6.45) is 4.67. The van der Waals surface area contributed by atoms with E-state index in [9.17, 15) is 9.59 Å². The average molecular weight is 198 g/mol. The molecule has 4 nitrogen and oxygen atoms in total. The van der Waals surface area contributed by atoms with Crippen molar-refractivity contribution in [3.63, 3.8) is 0 Å². The number of rotatable bonds is 2. The number of allylic oxidation sites excluding steroid dienone is 1. The van der Waals surface area contributed by atoms with E-state index in [1.54, 1.807) is 6.08 Å². The van der Waals surface area contributed by atoms with Crippen molar-refractivity contribution in [1.29, 1.82) is 0 Å². The largest absolute Gasteiger partial charge is 0.469 e. The summed E-state index contributed by atoms with van der Waals surface area (Å²) in [4.78, 5) is 22.1.